The van der Waals surface area contributed by atoms with Gasteiger partial charge >= 0.3 is 5.97 Å². The van der Waals surface area contributed by atoms with Gasteiger partial charge in [-0.1, -0.05) is 0 Å². The topological polar surface area (TPSA) is 121 Å². The number of fused-ring (bicyclic) bond motifs is 1. The largest absolute Gasteiger partial charge is 0.466 e. The monoisotopic (exact) mass is 345 g/mol. The van der Waals surface area contributed by atoms with E-state index in [9.17, 15) is 14.9 Å². The third-order valence-corrected chi connectivity index (χ3v) is 3.85. The Kier molecular flexibility index (Phi) is 4.45. The molecule has 2 heterocycles. The molecule has 130 valence electrons. The molecule has 25 heavy (non-hydrogen) atoms. The molecule has 9 heteroatoms. The molecule has 1 aromatic rings. The third kappa shape index (κ3) is 2.95. The predicted octanol–water partition coefficient (Wildman–Crippen LogP) is -0.0395. The molecule has 0 aromatic heterocycles. The number of nitrogens with one attached hydrogen (secondary N) is 1. The fourth-order valence-electron chi connectivity index (χ4n) is 2.62. The van der Waals surface area contributed by atoms with Crippen molar-refractivity contribution in [3.8, 4) is 17.6 Å². The normalized spacial score (nSPS) is 15.4. The Morgan fingerprint density at radius 2 is 2.16 bits per heavy atom. The summed E-state index contributed by atoms with van der Waals surface area (Å²) in [5, 5.41) is 21.2. The van der Waals surface area contributed by atoms with Gasteiger partial charge in [0.15, 0.2) is 11.5 Å². The lowest BCUT2D eigenvalue weighted by Crippen LogP contribution is -2.31. The van der Waals surface area contributed by atoms with Crippen molar-refractivity contribution in [1.29, 1.82) is 5.26 Å². The lowest BCUT2D eigenvalue weighted by molar-refractivity contribution is -0.136. The zero-order valence-electron chi connectivity index (χ0n) is 13.4. The Morgan fingerprint density at radius 1 is 1.44 bits per heavy atom. The van der Waals surface area contributed by atoms with Crippen LogP contribution < -0.4 is 14.8 Å². The van der Waals surface area contributed by atoms with Gasteiger partial charge in [0.2, 0.25) is 6.79 Å². The number of nitrogens with zero attached hydrogens (tertiary/aromatic N) is 2. The predicted molar refractivity (Wildman–Crippen MR) is 83.6 cm³/mol. The van der Waals surface area contributed by atoms with Crippen LogP contribution in [-0.4, -0.2) is 55.5 Å². The van der Waals surface area contributed by atoms with Gasteiger partial charge in [0.05, 0.1) is 37.1 Å². The van der Waals surface area contributed by atoms with Crippen LogP contribution in [0.1, 0.15) is 5.56 Å². The van der Waals surface area contributed by atoms with E-state index in [4.69, 9.17) is 19.3 Å². The van der Waals surface area contributed by atoms with Gasteiger partial charge in [0.1, 0.15) is 11.8 Å². The number of nitriles is 1. The number of ether oxygens (including phenoxy) is 3. The second-order valence-corrected chi connectivity index (χ2v) is 5.28. The summed E-state index contributed by atoms with van der Waals surface area (Å²) in [6, 6.07) is 5.03. The number of anilines is 1. The second kappa shape index (κ2) is 6.70. The smallest absolute Gasteiger partial charge is 0.337 e. The number of carbonyl (C=O) groups excluding carboxylic acids is 2. The van der Waals surface area contributed by atoms with Crippen LogP contribution in [0.3, 0.4) is 0 Å². The standard InChI is InChI=1S/C16H15N3O6/c1-23-16(22)10-7-19(2-3-20)15(21)14(10)18-11-5-13-12(24-8-25-13)4-9(11)6-17/h4-5,18,20H,2-3,7-8H2,1H3. The molecule has 1 aromatic carbocycles. The zero-order valence-corrected chi connectivity index (χ0v) is 13.4. The van der Waals surface area contributed by atoms with E-state index in [2.05, 4.69) is 5.32 Å². The molecule has 2 aliphatic heterocycles. The van der Waals surface area contributed by atoms with Crippen molar-refractivity contribution in [1.82, 2.24) is 4.90 Å². The fourth-order valence-corrected chi connectivity index (χ4v) is 2.62. The molecule has 2 aliphatic rings. The van der Waals surface area contributed by atoms with Gasteiger partial charge in [0.25, 0.3) is 5.91 Å². The Bertz CT molecular complexity index is 811. The SMILES string of the molecule is COC(=O)C1=C(Nc2cc3c(cc2C#N)OCO3)C(=O)N(CCO)C1. The van der Waals surface area contributed by atoms with E-state index in [0.29, 0.717) is 17.2 Å². The highest BCUT2D eigenvalue weighted by molar-refractivity contribution is 6.08. The molecule has 3 rings (SSSR count). The second-order valence-electron chi connectivity index (χ2n) is 5.28. The molecule has 0 unspecified atom stereocenters. The van der Waals surface area contributed by atoms with Crippen molar-refractivity contribution in [3.63, 3.8) is 0 Å². The Labute approximate surface area is 143 Å². The molecule has 0 radical (unpaired) electrons. The maximum atomic E-state index is 12.5. The minimum atomic E-state index is -0.657. The number of hydrogen-bond acceptors (Lipinski definition) is 8. The fraction of sp³-hybridized carbons (Fsp3) is 0.312. The molecular formula is C16H15N3O6. The number of benzene rings is 1. The van der Waals surface area contributed by atoms with Gasteiger partial charge in [-0.25, -0.2) is 4.79 Å². The van der Waals surface area contributed by atoms with Crippen molar-refractivity contribution in [2.24, 2.45) is 0 Å². The molecule has 0 saturated heterocycles. The summed E-state index contributed by atoms with van der Waals surface area (Å²) in [5.74, 6) is -0.255. The van der Waals surface area contributed by atoms with Gasteiger partial charge in [-0.3, -0.25) is 4.79 Å². The van der Waals surface area contributed by atoms with E-state index in [0.717, 1.165) is 0 Å². The van der Waals surface area contributed by atoms with E-state index in [1.807, 2.05) is 6.07 Å². The molecule has 0 saturated carbocycles. The molecule has 0 atom stereocenters. The Morgan fingerprint density at radius 3 is 2.80 bits per heavy atom. The molecule has 0 spiro atoms. The highest BCUT2D eigenvalue weighted by atomic mass is 16.7. The summed E-state index contributed by atoms with van der Waals surface area (Å²) in [7, 11) is 1.22. The molecular weight excluding hydrogens is 330 g/mol. The number of aliphatic hydroxyl groups is 1. The number of aliphatic hydroxyl groups excluding tert-OH is 1. The lowest BCUT2D eigenvalue weighted by atomic mass is 10.1. The van der Waals surface area contributed by atoms with E-state index >= 15 is 0 Å². The number of rotatable bonds is 5. The number of carbonyl (C=O) groups is 2. The molecule has 0 aliphatic carbocycles. The van der Waals surface area contributed by atoms with Crippen molar-refractivity contribution in [2.45, 2.75) is 0 Å². The number of methoxy groups -OCH3 is 1. The molecule has 9 nitrogen and oxygen atoms in total. The van der Waals surface area contributed by atoms with Crippen molar-refractivity contribution >= 4 is 17.6 Å². The Hall–Kier alpha value is -3.25. The van der Waals surface area contributed by atoms with Gasteiger partial charge in [-0.2, -0.15) is 5.26 Å². The number of esters is 1. The molecule has 1 amide bonds. The first-order valence-corrected chi connectivity index (χ1v) is 7.41. The van der Waals surface area contributed by atoms with Crippen LogP contribution in [0.4, 0.5) is 5.69 Å². The minimum Gasteiger partial charge on any atom is -0.466 e. The van der Waals surface area contributed by atoms with Crippen LogP contribution in [0.15, 0.2) is 23.4 Å². The van der Waals surface area contributed by atoms with E-state index in [1.54, 1.807) is 0 Å². The summed E-state index contributed by atoms with van der Waals surface area (Å²) in [5.41, 5.74) is 0.676. The van der Waals surface area contributed by atoms with Gasteiger partial charge in [0, 0.05) is 18.7 Å². The van der Waals surface area contributed by atoms with Crippen LogP contribution in [-0.2, 0) is 14.3 Å². The first-order valence-electron chi connectivity index (χ1n) is 7.41. The van der Waals surface area contributed by atoms with Crippen LogP contribution in [0.2, 0.25) is 0 Å². The summed E-state index contributed by atoms with van der Waals surface area (Å²) >= 11 is 0. The van der Waals surface area contributed by atoms with Crippen molar-refractivity contribution in [3.05, 3.63) is 29.0 Å². The average molecular weight is 345 g/mol. The number of β-amino-alcohol motifs (C(OH)–C–C–N with tert-alkyl or cyclic N) is 1. The van der Waals surface area contributed by atoms with Crippen LogP contribution >= 0.6 is 0 Å². The maximum absolute atomic E-state index is 12.5. The first kappa shape index (κ1) is 16.6. The summed E-state index contributed by atoms with van der Waals surface area (Å²) in [6.07, 6.45) is 0. The van der Waals surface area contributed by atoms with E-state index < -0.39 is 11.9 Å². The zero-order chi connectivity index (χ0) is 18.0. The highest BCUT2D eigenvalue weighted by Crippen LogP contribution is 2.37. The summed E-state index contributed by atoms with van der Waals surface area (Å²) in [6.45, 7) is -0.0957. The van der Waals surface area contributed by atoms with Crippen molar-refractivity contribution in [2.75, 3.05) is 38.9 Å². The third-order valence-electron chi connectivity index (χ3n) is 3.85. The quantitative estimate of drug-likeness (QED) is 0.713. The van der Waals surface area contributed by atoms with Crippen molar-refractivity contribution < 1.29 is 28.9 Å². The highest BCUT2D eigenvalue weighted by Gasteiger charge is 2.35. The van der Waals surface area contributed by atoms with Crippen LogP contribution in [0.5, 0.6) is 11.5 Å². The minimum absolute atomic E-state index is 0.00988. The van der Waals surface area contributed by atoms with Gasteiger partial charge < -0.3 is 29.5 Å². The van der Waals surface area contributed by atoms with Gasteiger partial charge in [-0.15, -0.1) is 0 Å². The number of hydrogen-bond donors (Lipinski definition) is 2. The van der Waals surface area contributed by atoms with Gasteiger partial charge in [-0.05, 0) is 0 Å². The molecule has 2 N–H and O–H groups in total. The van der Waals surface area contributed by atoms with E-state index in [-0.39, 0.29) is 43.3 Å². The van der Waals surface area contributed by atoms with Crippen LogP contribution in [0.25, 0.3) is 0 Å². The molecule has 0 bridgehead atoms. The summed E-state index contributed by atoms with van der Waals surface area (Å²) < 4.78 is 15.2. The molecule has 0 fully saturated rings. The average Bonchev–Trinajstić information content (AvgIpc) is 3.19. The van der Waals surface area contributed by atoms with Crippen LogP contribution in [0, 0.1) is 11.3 Å². The first-order chi connectivity index (χ1) is 12.1. The van der Waals surface area contributed by atoms with E-state index in [1.165, 1.54) is 24.1 Å². The number of amides is 1. The maximum Gasteiger partial charge on any atom is 0.337 e. The lowest BCUT2D eigenvalue weighted by Gasteiger charge is -2.15. The Balaban J connectivity index is 1.98. The summed E-state index contributed by atoms with van der Waals surface area (Å²) in [4.78, 5) is 25.8.